The number of carbonyl (C=O) groups is 3. The number of nitrogens with zero attached hydrogens (tertiary/aromatic N) is 2. The van der Waals surface area contributed by atoms with Crippen LogP contribution in [0, 0.1) is 13.8 Å². The van der Waals surface area contributed by atoms with Crippen molar-refractivity contribution in [3.63, 3.8) is 0 Å². The quantitative estimate of drug-likeness (QED) is 0.413. The number of rotatable bonds is 5. The van der Waals surface area contributed by atoms with Crippen LogP contribution in [0.4, 0.5) is 4.79 Å². The Kier molecular flexibility index (Phi) is 6.38. The van der Waals surface area contributed by atoms with Crippen molar-refractivity contribution in [1.29, 1.82) is 0 Å². The lowest BCUT2D eigenvalue weighted by atomic mass is 10.2. The molecule has 1 aliphatic heterocycles. The van der Waals surface area contributed by atoms with E-state index in [1.165, 1.54) is 11.0 Å². The fourth-order valence-electron chi connectivity index (χ4n) is 3.72. The summed E-state index contributed by atoms with van der Waals surface area (Å²) in [4.78, 5) is 38.4. The summed E-state index contributed by atoms with van der Waals surface area (Å²) in [5.74, 6) is -1.49. The van der Waals surface area contributed by atoms with E-state index < -0.39 is 5.97 Å². The molecule has 2 amide bonds. The van der Waals surface area contributed by atoms with Crippen LogP contribution in [0.5, 0.6) is 0 Å². The van der Waals surface area contributed by atoms with Crippen molar-refractivity contribution in [2.45, 2.75) is 20.4 Å². The summed E-state index contributed by atoms with van der Waals surface area (Å²) in [6.07, 6.45) is 1.68. The summed E-state index contributed by atoms with van der Waals surface area (Å²) in [7, 11) is 0. The van der Waals surface area contributed by atoms with Gasteiger partial charge in [-0.05, 0) is 73.1 Å². The molecular formula is C24H18Cl2N2O4S. The summed E-state index contributed by atoms with van der Waals surface area (Å²) >= 11 is 13.1. The number of aryl methyl sites for hydroxylation is 1. The van der Waals surface area contributed by atoms with Crippen LogP contribution in [0.15, 0.2) is 53.4 Å². The van der Waals surface area contributed by atoms with Gasteiger partial charge >= 0.3 is 5.97 Å². The molecule has 0 saturated carbocycles. The standard InChI is InChI=1S/C24H18Cl2N2O4S/c1-13-9-16(14(2)28(13)17-7-8-20(26)18(11-17)23(30)31)10-21-22(29)27(24(32)33-21)12-15-5-3-4-6-19(15)25/h3-11H,12H2,1-2H3,(H,30,31)/b21-10-. The van der Waals surface area contributed by atoms with Gasteiger partial charge in [0.15, 0.2) is 0 Å². The number of carboxylic acid groups (broad SMARTS) is 1. The van der Waals surface area contributed by atoms with E-state index in [0.717, 1.165) is 28.7 Å². The number of thioether (sulfide) groups is 1. The van der Waals surface area contributed by atoms with E-state index >= 15 is 0 Å². The smallest absolute Gasteiger partial charge is 0.337 e. The molecule has 0 aliphatic carbocycles. The minimum Gasteiger partial charge on any atom is -0.478 e. The number of aromatic nitrogens is 1. The number of carbonyl (C=O) groups excluding carboxylic acids is 2. The number of carboxylic acids is 1. The average molecular weight is 501 g/mol. The van der Waals surface area contributed by atoms with Crippen LogP contribution >= 0.6 is 35.0 Å². The molecule has 3 aromatic rings. The molecule has 6 nitrogen and oxygen atoms in total. The third-order valence-electron chi connectivity index (χ3n) is 5.36. The van der Waals surface area contributed by atoms with Crippen molar-refractivity contribution in [3.8, 4) is 5.69 Å². The number of imide groups is 1. The summed E-state index contributed by atoms with van der Waals surface area (Å²) in [6.45, 7) is 3.84. The highest BCUT2D eigenvalue weighted by atomic mass is 35.5. The lowest BCUT2D eigenvalue weighted by Gasteiger charge is -2.13. The van der Waals surface area contributed by atoms with Crippen LogP contribution < -0.4 is 0 Å². The number of hydrogen-bond acceptors (Lipinski definition) is 4. The van der Waals surface area contributed by atoms with Crippen molar-refractivity contribution in [3.05, 3.63) is 91.6 Å². The molecule has 168 valence electrons. The molecule has 2 aromatic carbocycles. The first-order valence-electron chi connectivity index (χ1n) is 9.88. The van der Waals surface area contributed by atoms with Gasteiger partial charge in [0.1, 0.15) is 0 Å². The molecule has 0 unspecified atom stereocenters. The molecule has 2 heterocycles. The Hall–Kier alpha value is -3.00. The normalized spacial score (nSPS) is 15.0. The minimum absolute atomic E-state index is 0.00362. The SMILES string of the molecule is Cc1cc(/C=C2\SC(=O)N(Cc3ccccc3Cl)C2=O)c(C)n1-c1ccc(Cl)c(C(=O)O)c1. The molecule has 1 saturated heterocycles. The predicted octanol–water partition coefficient (Wildman–Crippen LogP) is 6.34. The van der Waals surface area contributed by atoms with Gasteiger partial charge in [0.25, 0.3) is 11.1 Å². The Bertz CT molecular complexity index is 1350. The highest BCUT2D eigenvalue weighted by Gasteiger charge is 2.35. The molecule has 1 fully saturated rings. The van der Waals surface area contributed by atoms with E-state index in [1.54, 1.807) is 42.5 Å². The molecule has 33 heavy (non-hydrogen) atoms. The molecular weight excluding hydrogens is 483 g/mol. The molecule has 0 atom stereocenters. The highest BCUT2D eigenvalue weighted by Crippen LogP contribution is 2.35. The monoisotopic (exact) mass is 500 g/mol. The van der Waals surface area contributed by atoms with E-state index in [-0.39, 0.29) is 28.3 Å². The lowest BCUT2D eigenvalue weighted by Crippen LogP contribution is -2.27. The summed E-state index contributed by atoms with van der Waals surface area (Å²) in [5, 5.41) is 9.67. The van der Waals surface area contributed by atoms with E-state index in [9.17, 15) is 19.5 Å². The van der Waals surface area contributed by atoms with Gasteiger partial charge in [-0.15, -0.1) is 0 Å². The highest BCUT2D eigenvalue weighted by molar-refractivity contribution is 8.18. The number of hydrogen-bond donors (Lipinski definition) is 1. The van der Waals surface area contributed by atoms with Gasteiger partial charge < -0.3 is 9.67 Å². The Morgan fingerprint density at radius 2 is 1.79 bits per heavy atom. The van der Waals surface area contributed by atoms with Crippen LogP contribution in [0.25, 0.3) is 11.8 Å². The number of halogens is 2. The van der Waals surface area contributed by atoms with Gasteiger partial charge in [-0.2, -0.15) is 0 Å². The second-order valence-electron chi connectivity index (χ2n) is 7.49. The summed E-state index contributed by atoms with van der Waals surface area (Å²) in [5.41, 5.74) is 3.72. The third-order valence-corrected chi connectivity index (χ3v) is 6.96. The maximum Gasteiger partial charge on any atom is 0.337 e. The fourth-order valence-corrected chi connectivity index (χ4v) is 4.94. The third kappa shape index (κ3) is 4.44. The molecule has 1 aromatic heterocycles. The van der Waals surface area contributed by atoms with E-state index in [2.05, 4.69) is 0 Å². The fraction of sp³-hybridized carbons (Fsp3) is 0.125. The molecule has 9 heteroatoms. The van der Waals surface area contributed by atoms with E-state index in [4.69, 9.17) is 23.2 Å². The Balaban J connectivity index is 1.66. The second kappa shape index (κ2) is 9.09. The van der Waals surface area contributed by atoms with Gasteiger partial charge in [-0.3, -0.25) is 14.5 Å². The Morgan fingerprint density at radius 3 is 2.48 bits per heavy atom. The molecule has 0 spiro atoms. The van der Waals surface area contributed by atoms with Gasteiger partial charge in [0.2, 0.25) is 0 Å². The zero-order valence-corrected chi connectivity index (χ0v) is 20.0. The van der Waals surface area contributed by atoms with Gasteiger partial charge in [0.05, 0.1) is 22.0 Å². The van der Waals surface area contributed by atoms with Crippen LogP contribution in [-0.4, -0.2) is 31.7 Å². The predicted molar refractivity (Wildman–Crippen MR) is 130 cm³/mol. The first-order chi connectivity index (χ1) is 15.7. The summed E-state index contributed by atoms with van der Waals surface area (Å²) < 4.78 is 1.88. The molecule has 1 aliphatic rings. The zero-order chi connectivity index (χ0) is 23.9. The van der Waals surface area contributed by atoms with Crippen molar-refractivity contribution in [2.24, 2.45) is 0 Å². The van der Waals surface area contributed by atoms with Crippen molar-refractivity contribution in [1.82, 2.24) is 9.47 Å². The van der Waals surface area contributed by atoms with Gasteiger partial charge in [-0.1, -0.05) is 41.4 Å². The van der Waals surface area contributed by atoms with E-state index in [0.29, 0.717) is 21.2 Å². The Morgan fingerprint density at radius 1 is 1.06 bits per heavy atom. The largest absolute Gasteiger partial charge is 0.478 e. The van der Waals surface area contributed by atoms with Crippen LogP contribution in [0.1, 0.15) is 32.9 Å². The first-order valence-corrected chi connectivity index (χ1v) is 11.5. The summed E-state index contributed by atoms with van der Waals surface area (Å²) in [6, 6.07) is 13.7. The molecule has 0 bridgehead atoms. The molecule has 0 radical (unpaired) electrons. The number of aromatic carboxylic acids is 1. The Labute approximate surface area is 204 Å². The second-order valence-corrected chi connectivity index (χ2v) is 9.30. The molecule has 4 rings (SSSR count). The minimum atomic E-state index is -1.11. The molecule has 1 N–H and O–H groups in total. The average Bonchev–Trinajstić information content (AvgIpc) is 3.19. The lowest BCUT2D eigenvalue weighted by molar-refractivity contribution is -0.123. The first kappa shape index (κ1) is 23.2. The van der Waals surface area contributed by atoms with E-state index in [1.807, 2.05) is 24.5 Å². The number of benzene rings is 2. The zero-order valence-electron chi connectivity index (χ0n) is 17.6. The van der Waals surface area contributed by atoms with Crippen molar-refractivity contribution in [2.75, 3.05) is 0 Å². The maximum absolute atomic E-state index is 13.0. The van der Waals surface area contributed by atoms with Crippen molar-refractivity contribution < 1.29 is 19.5 Å². The van der Waals surface area contributed by atoms with Crippen molar-refractivity contribution >= 4 is 58.2 Å². The maximum atomic E-state index is 13.0. The van der Waals surface area contributed by atoms with Gasteiger partial charge in [0, 0.05) is 22.1 Å². The van der Waals surface area contributed by atoms with Crippen LogP contribution in [-0.2, 0) is 11.3 Å². The van der Waals surface area contributed by atoms with Crippen LogP contribution in [0.2, 0.25) is 10.0 Å². The number of amides is 2. The topological polar surface area (TPSA) is 79.6 Å². The van der Waals surface area contributed by atoms with Crippen LogP contribution in [0.3, 0.4) is 0 Å². The van der Waals surface area contributed by atoms with Gasteiger partial charge in [-0.25, -0.2) is 4.79 Å².